The molecular formula is C16H23Cl2FN2. The maximum absolute atomic E-state index is 12.8. The normalized spacial score (nSPS) is 25.2. The molecule has 3 aliphatic rings. The fourth-order valence-electron chi connectivity index (χ4n) is 3.16. The Balaban J connectivity index is 0.00000110. The van der Waals surface area contributed by atoms with Gasteiger partial charge < -0.3 is 5.32 Å². The van der Waals surface area contributed by atoms with E-state index in [9.17, 15) is 4.39 Å². The van der Waals surface area contributed by atoms with Crippen LogP contribution < -0.4 is 5.32 Å². The van der Waals surface area contributed by atoms with Crippen LogP contribution in [-0.2, 0) is 0 Å². The van der Waals surface area contributed by atoms with Crippen molar-refractivity contribution in [3.63, 3.8) is 0 Å². The second kappa shape index (κ2) is 8.74. The number of hydrogen-bond donors (Lipinski definition) is 1. The molecule has 0 saturated carbocycles. The van der Waals surface area contributed by atoms with Gasteiger partial charge in [0.05, 0.1) is 0 Å². The van der Waals surface area contributed by atoms with Crippen molar-refractivity contribution in [2.75, 3.05) is 26.2 Å². The third-order valence-corrected chi connectivity index (χ3v) is 4.25. The molecule has 1 aromatic rings. The summed E-state index contributed by atoms with van der Waals surface area (Å²) < 4.78 is 12.8. The van der Waals surface area contributed by atoms with Gasteiger partial charge in [-0.1, -0.05) is 24.3 Å². The molecule has 2 nitrogen and oxygen atoms in total. The summed E-state index contributed by atoms with van der Waals surface area (Å²) in [7, 11) is 0. The largest absolute Gasteiger partial charge is 0.315 e. The van der Waals surface area contributed by atoms with Crippen molar-refractivity contribution >= 4 is 30.9 Å². The smallest absolute Gasteiger partial charge is 0.123 e. The summed E-state index contributed by atoms with van der Waals surface area (Å²) in [6, 6.07) is 7.36. The van der Waals surface area contributed by atoms with Crippen molar-refractivity contribution in [1.29, 1.82) is 0 Å². The van der Waals surface area contributed by atoms with Gasteiger partial charge >= 0.3 is 0 Å². The maximum Gasteiger partial charge on any atom is 0.123 e. The molecule has 3 fully saturated rings. The third kappa shape index (κ3) is 4.96. The standard InChI is InChI=1S/C16H21FN2.2ClH/c17-15-6-3-13(4-7-15)2-1-9-19-12-14-5-8-16(19)11-18-10-14;;/h1-4,6-7,14,16,18H,5,8-12H2;2*1H/b2-1+;;/t14-,16+;;/m1../s1. The van der Waals surface area contributed by atoms with Crippen LogP contribution >= 0.6 is 24.8 Å². The first-order chi connectivity index (χ1) is 9.31. The number of hydrogen-bond acceptors (Lipinski definition) is 2. The minimum Gasteiger partial charge on any atom is -0.315 e. The van der Waals surface area contributed by atoms with Crippen molar-refractivity contribution in [3.8, 4) is 0 Å². The van der Waals surface area contributed by atoms with Gasteiger partial charge in [-0.3, -0.25) is 4.90 Å². The number of piperidine rings is 1. The van der Waals surface area contributed by atoms with E-state index in [1.54, 1.807) is 0 Å². The fourth-order valence-corrected chi connectivity index (χ4v) is 3.16. The molecule has 4 rings (SSSR count). The summed E-state index contributed by atoms with van der Waals surface area (Å²) in [5.41, 5.74) is 1.07. The molecule has 2 atom stereocenters. The summed E-state index contributed by atoms with van der Waals surface area (Å²) >= 11 is 0. The molecule has 0 aliphatic carbocycles. The van der Waals surface area contributed by atoms with Crippen molar-refractivity contribution in [2.45, 2.75) is 18.9 Å². The highest BCUT2D eigenvalue weighted by Gasteiger charge is 2.30. The van der Waals surface area contributed by atoms with Crippen molar-refractivity contribution in [1.82, 2.24) is 10.2 Å². The van der Waals surface area contributed by atoms with Crippen LogP contribution in [0, 0.1) is 11.7 Å². The monoisotopic (exact) mass is 332 g/mol. The van der Waals surface area contributed by atoms with Gasteiger partial charge in [0.25, 0.3) is 0 Å². The highest BCUT2D eigenvalue weighted by atomic mass is 35.5. The SMILES string of the molecule is Cl.Cl.Fc1ccc(/C=C/CN2C[C@@H]3CC[C@H]2CNC3)cc1. The van der Waals surface area contributed by atoms with Crippen LogP contribution in [0.3, 0.4) is 0 Å². The number of nitrogens with zero attached hydrogens (tertiary/aromatic N) is 1. The molecule has 1 N–H and O–H groups in total. The molecule has 0 spiro atoms. The highest BCUT2D eigenvalue weighted by molar-refractivity contribution is 5.85. The topological polar surface area (TPSA) is 15.3 Å². The van der Waals surface area contributed by atoms with E-state index in [1.165, 1.54) is 38.1 Å². The summed E-state index contributed by atoms with van der Waals surface area (Å²) in [5.74, 6) is 0.644. The molecule has 0 amide bonds. The zero-order valence-corrected chi connectivity index (χ0v) is 13.6. The molecular weight excluding hydrogens is 310 g/mol. The number of fused-ring (bicyclic) bond motifs is 4. The molecule has 3 aliphatic heterocycles. The number of nitrogens with one attached hydrogen (secondary N) is 1. The molecule has 0 unspecified atom stereocenters. The lowest BCUT2D eigenvalue weighted by molar-refractivity contribution is 0.150. The summed E-state index contributed by atoms with van der Waals surface area (Å²) in [4.78, 5) is 2.58. The molecule has 3 saturated heterocycles. The van der Waals surface area contributed by atoms with Crippen LogP contribution in [0.5, 0.6) is 0 Å². The molecule has 5 heteroatoms. The van der Waals surface area contributed by atoms with Gasteiger partial charge in [-0.15, -0.1) is 24.8 Å². The van der Waals surface area contributed by atoms with Crippen molar-refractivity contribution < 1.29 is 4.39 Å². The van der Waals surface area contributed by atoms with Gasteiger partial charge in [0.2, 0.25) is 0 Å². The van der Waals surface area contributed by atoms with Gasteiger partial charge in [-0.2, -0.15) is 0 Å². The lowest BCUT2D eigenvalue weighted by atomic mass is 9.95. The molecule has 0 aromatic heterocycles. The first-order valence-corrected chi connectivity index (χ1v) is 7.18. The average Bonchev–Trinajstić information content (AvgIpc) is 2.76. The molecule has 3 heterocycles. The van der Waals surface area contributed by atoms with Gasteiger partial charge in [-0.05, 0) is 43.0 Å². The van der Waals surface area contributed by atoms with Gasteiger partial charge in [0.1, 0.15) is 5.82 Å². The van der Waals surface area contributed by atoms with Crippen LogP contribution in [0.15, 0.2) is 30.3 Å². The minimum absolute atomic E-state index is 0. The lowest BCUT2D eigenvalue weighted by Gasteiger charge is -2.35. The first-order valence-electron chi connectivity index (χ1n) is 7.18. The zero-order chi connectivity index (χ0) is 13.1. The van der Waals surface area contributed by atoms with E-state index >= 15 is 0 Å². The van der Waals surface area contributed by atoms with Crippen molar-refractivity contribution in [2.24, 2.45) is 5.92 Å². The molecule has 118 valence electrons. The van der Waals surface area contributed by atoms with E-state index in [0.717, 1.165) is 24.6 Å². The Morgan fingerprint density at radius 2 is 1.90 bits per heavy atom. The molecule has 21 heavy (non-hydrogen) atoms. The molecule has 1 aromatic carbocycles. The van der Waals surface area contributed by atoms with Crippen LogP contribution in [0.1, 0.15) is 18.4 Å². The molecule has 2 bridgehead atoms. The van der Waals surface area contributed by atoms with E-state index in [4.69, 9.17) is 0 Å². The second-order valence-corrected chi connectivity index (χ2v) is 5.66. The average molecular weight is 333 g/mol. The van der Waals surface area contributed by atoms with Gasteiger partial charge in [-0.25, -0.2) is 4.39 Å². The minimum atomic E-state index is -0.173. The third-order valence-electron chi connectivity index (χ3n) is 4.25. The summed E-state index contributed by atoms with van der Waals surface area (Å²) in [6.07, 6.45) is 6.98. The van der Waals surface area contributed by atoms with Crippen LogP contribution in [-0.4, -0.2) is 37.1 Å². The summed E-state index contributed by atoms with van der Waals surface area (Å²) in [5, 5.41) is 3.55. The Labute approximate surface area is 138 Å². The quantitative estimate of drug-likeness (QED) is 0.912. The lowest BCUT2D eigenvalue weighted by Crippen LogP contribution is -2.43. The Morgan fingerprint density at radius 3 is 2.67 bits per heavy atom. The summed E-state index contributed by atoms with van der Waals surface area (Å²) in [6.45, 7) is 4.52. The van der Waals surface area contributed by atoms with E-state index in [0.29, 0.717) is 6.04 Å². The fraction of sp³-hybridized carbons (Fsp3) is 0.500. The maximum atomic E-state index is 12.8. The predicted octanol–water partition coefficient (Wildman–Crippen LogP) is 3.37. The van der Waals surface area contributed by atoms with Gasteiger partial charge in [0, 0.05) is 25.7 Å². The number of halogens is 3. The van der Waals surface area contributed by atoms with Crippen LogP contribution in [0.4, 0.5) is 4.39 Å². The highest BCUT2D eigenvalue weighted by Crippen LogP contribution is 2.24. The van der Waals surface area contributed by atoms with E-state index in [-0.39, 0.29) is 30.6 Å². The van der Waals surface area contributed by atoms with Crippen molar-refractivity contribution in [3.05, 3.63) is 41.7 Å². The Hall–Kier alpha value is -0.610. The Kier molecular flexibility index (Phi) is 7.67. The first kappa shape index (κ1) is 18.4. The van der Waals surface area contributed by atoms with E-state index < -0.39 is 0 Å². The Morgan fingerprint density at radius 1 is 1.14 bits per heavy atom. The predicted molar refractivity (Wildman–Crippen MR) is 90.9 cm³/mol. The Bertz CT molecular complexity index is 446. The number of rotatable bonds is 3. The van der Waals surface area contributed by atoms with Gasteiger partial charge in [0.15, 0.2) is 0 Å². The second-order valence-electron chi connectivity index (χ2n) is 5.66. The van der Waals surface area contributed by atoms with E-state index in [2.05, 4.69) is 22.4 Å². The van der Waals surface area contributed by atoms with E-state index in [1.807, 2.05) is 12.1 Å². The zero-order valence-electron chi connectivity index (χ0n) is 12.0. The van der Waals surface area contributed by atoms with Crippen LogP contribution in [0.25, 0.3) is 6.08 Å². The van der Waals surface area contributed by atoms with Crippen LogP contribution in [0.2, 0.25) is 0 Å². The number of benzene rings is 1. The molecule has 0 radical (unpaired) electrons.